The number of amides is 2. The first-order chi connectivity index (χ1) is 21.5. The van der Waals surface area contributed by atoms with Gasteiger partial charge in [-0.05, 0) is 87.3 Å². The molecule has 1 N–H and O–H groups in total. The van der Waals surface area contributed by atoms with Gasteiger partial charge in [-0.25, -0.2) is 9.18 Å². The summed E-state index contributed by atoms with van der Waals surface area (Å²) in [6, 6.07) is 12.0. The van der Waals surface area contributed by atoms with Crippen LogP contribution < -0.4 is 10.9 Å². The molecule has 236 valence electrons. The minimum absolute atomic E-state index is 0.148. The Morgan fingerprint density at radius 1 is 1.13 bits per heavy atom. The fourth-order valence-electron chi connectivity index (χ4n) is 6.44. The SMILES string of the molecule is Cn1ccc(C2CCN(C(=O)OC(C)(C)C)CC2C(=O)NC(c2cn(Cc3cccnc3)c3cccc(F)c23)C2CC2)cc1=O. The zero-order valence-corrected chi connectivity index (χ0v) is 26.2. The molecule has 1 aliphatic carbocycles. The lowest BCUT2D eigenvalue weighted by Crippen LogP contribution is -2.50. The third-order valence-corrected chi connectivity index (χ3v) is 8.84. The Labute approximate surface area is 262 Å². The van der Waals surface area contributed by atoms with Gasteiger partial charge in [-0.15, -0.1) is 0 Å². The number of carbonyl (C=O) groups is 2. The van der Waals surface area contributed by atoms with Gasteiger partial charge >= 0.3 is 6.09 Å². The molecule has 10 heteroatoms. The topological polar surface area (TPSA) is 98.5 Å². The van der Waals surface area contributed by atoms with Gasteiger partial charge in [-0.3, -0.25) is 14.6 Å². The number of aromatic nitrogens is 3. The van der Waals surface area contributed by atoms with Crippen LogP contribution in [0.2, 0.25) is 0 Å². The second-order valence-corrected chi connectivity index (χ2v) is 13.4. The standard InChI is InChI=1S/C35H40FN5O4/c1-35(2,3)45-34(44)40-16-13-25(24-12-15-39(4)30(42)17-24)26(20-40)33(43)38-32(23-10-11-23)27-21-41(19-22-7-6-14-37-18-22)29-9-5-8-28(36)31(27)29/h5-9,12,14-15,17-18,21,23,25-26,32H,10-11,13,16,19-20H2,1-4H3,(H,38,43). The van der Waals surface area contributed by atoms with E-state index in [0.717, 1.165) is 35.0 Å². The van der Waals surface area contributed by atoms with Crippen LogP contribution in [0.4, 0.5) is 9.18 Å². The van der Waals surface area contributed by atoms with Gasteiger partial charge in [0.25, 0.3) is 5.56 Å². The van der Waals surface area contributed by atoms with Gasteiger partial charge in [0.05, 0.1) is 17.5 Å². The average molecular weight is 614 g/mol. The highest BCUT2D eigenvalue weighted by atomic mass is 19.1. The lowest BCUT2D eigenvalue weighted by Gasteiger charge is -2.39. The van der Waals surface area contributed by atoms with Gasteiger partial charge in [0, 0.05) is 68.5 Å². The van der Waals surface area contributed by atoms with Crippen molar-refractivity contribution in [2.45, 2.75) is 64.1 Å². The first kappa shape index (κ1) is 30.6. The summed E-state index contributed by atoms with van der Waals surface area (Å²) < 4.78 is 24.7. The number of hydrogen-bond donors (Lipinski definition) is 1. The number of hydrogen-bond acceptors (Lipinski definition) is 5. The summed E-state index contributed by atoms with van der Waals surface area (Å²) in [7, 11) is 1.69. The van der Waals surface area contributed by atoms with E-state index in [-0.39, 0.29) is 35.7 Å². The van der Waals surface area contributed by atoms with Gasteiger partial charge in [-0.2, -0.15) is 0 Å². The second-order valence-electron chi connectivity index (χ2n) is 13.4. The molecule has 6 rings (SSSR count). The highest BCUT2D eigenvalue weighted by Gasteiger charge is 2.42. The van der Waals surface area contributed by atoms with E-state index in [2.05, 4.69) is 10.3 Å². The van der Waals surface area contributed by atoms with Gasteiger partial charge in [0.1, 0.15) is 11.4 Å². The first-order valence-electron chi connectivity index (χ1n) is 15.6. The zero-order chi connectivity index (χ0) is 31.9. The molecule has 2 fully saturated rings. The zero-order valence-electron chi connectivity index (χ0n) is 26.2. The van der Waals surface area contributed by atoms with Crippen LogP contribution in [0.25, 0.3) is 10.9 Å². The molecule has 3 aromatic heterocycles. The molecule has 0 radical (unpaired) electrons. The predicted molar refractivity (Wildman–Crippen MR) is 169 cm³/mol. The molecule has 1 aliphatic heterocycles. The van der Waals surface area contributed by atoms with Crippen molar-refractivity contribution in [2.75, 3.05) is 13.1 Å². The molecule has 2 aliphatic rings. The van der Waals surface area contributed by atoms with Crippen molar-refractivity contribution in [3.63, 3.8) is 0 Å². The van der Waals surface area contributed by atoms with Gasteiger partial charge in [-0.1, -0.05) is 12.1 Å². The second kappa shape index (κ2) is 12.1. The minimum Gasteiger partial charge on any atom is -0.444 e. The minimum atomic E-state index is -0.678. The number of halogens is 1. The number of pyridine rings is 2. The van der Waals surface area contributed by atoms with E-state index in [1.807, 2.05) is 55.8 Å². The van der Waals surface area contributed by atoms with E-state index in [4.69, 9.17) is 4.74 Å². The van der Waals surface area contributed by atoms with Gasteiger partial charge in [0.2, 0.25) is 5.91 Å². The Kier molecular flexibility index (Phi) is 8.24. The average Bonchev–Trinajstić information content (AvgIpc) is 3.78. The Balaban J connectivity index is 1.34. The summed E-state index contributed by atoms with van der Waals surface area (Å²) in [4.78, 5) is 45.8. The van der Waals surface area contributed by atoms with Gasteiger partial charge in [0.15, 0.2) is 0 Å². The number of fused-ring (bicyclic) bond motifs is 1. The Morgan fingerprint density at radius 2 is 1.93 bits per heavy atom. The van der Waals surface area contributed by atoms with Crippen LogP contribution in [0, 0.1) is 17.7 Å². The number of rotatable bonds is 7. The fourth-order valence-corrected chi connectivity index (χ4v) is 6.44. The Hall–Kier alpha value is -4.47. The molecule has 3 unspecified atom stereocenters. The van der Waals surface area contributed by atoms with Crippen molar-refractivity contribution in [3.05, 3.63) is 100 Å². The molecule has 1 aromatic carbocycles. The summed E-state index contributed by atoms with van der Waals surface area (Å²) in [6.07, 6.45) is 9.04. The lowest BCUT2D eigenvalue weighted by atomic mass is 9.80. The number of carbonyl (C=O) groups excluding carboxylic acids is 2. The van der Waals surface area contributed by atoms with Crippen LogP contribution in [-0.4, -0.2) is 49.7 Å². The molecule has 1 saturated heterocycles. The van der Waals surface area contributed by atoms with E-state index < -0.39 is 23.7 Å². The van der Waals surface area contributed by atoms with Crippen LogP contribution in [0.5, 0.6) is 0 Å². The number of likely N-dealkylation sites (tertiary alicyclic amines) is 1. The maximum Gasteiger partial charge on any atom is 0.410 e. The number of ether oxygens (including phenoxy) is 1. The summed E-state index contributed by atoms with van der Waals surface area (Å²) >= 11 is 0. The van der Waals surface area contributed by atoms with E-state index >= 15 is 4.39 Å². The maximum absolute atomic E-state index is 15.5. The lowest BCUT2D eigenvalue weighted by molar-refractivity contribution is -0.128. The molecule has 4 aromatic rings. The Morgan fingerprint density at radius 3 is 2.62 bits per heavy atom. The number of aryl methyl sites for hydroxylation is 1. The molecule has 2 amide bonds. The quantitative estimate of drug-likeness (QED) is 0.296. The Bertz CT molecular complexity index is 1770. The number of nitrogens with one attached hydrogen (secondary N) is 1. The summed E-state index contributed by atoms with van der Waals surface area (Å²) in [5.41, 5.74) is 2.41. The van der Waals surface area contributed by atoms with Crippen molar-refractivity contribution in [2.24, 2.45) is 18.9 Å². The van der Waals surface area contributed by atoms with Gasteiger partial charge < -0.3 is 24.1 Å². The van der Waals surface area contributed by atoms with Crippen molar-refractivity contribution >= 4 is 22.9 Å². The van der Waals surface area contributed by atoms with E-state index in [0.29, 0.717) is 24.9 Å². The highest BCUT2D eigenvalue weighted by Crippen LogP contribution is 2.45. The smallest absolute Gasteiger partial charge is 0.410 e. The molecular formula is C35H40FN5O4. The van der Waals surface area contributed by atoms with Crippen molar-refractivity contribution in [1.82, 2.24) is 24.3 Å². The summed E-state index contributed by atoms with van der Waals surface area (Å²) in [5.74, 6) is -1.30. The van der Waals surface area contributed by atoms with Crippen molar-refractivity contribution in [1.29, 1.82) is 0 Å². The van der Waals surface area contributed by atoms with E-state index in [9.17, 15) is 14.4 Å². The molecule has 45 heavy (non-hydrogen) atoms. The molecule has 0 spiro atoms. The predicted octanol–water partition coefficient (Wildman–Crippen LogP) is 5.53. The van der Waals surface area contributed by atoms with Crippen LogP contribution in [0.3, 0.4) is 0 Å². The number of nitrogens with zero attached hydrogens (tertiary/aromatic N) is 4. The molecular weight excluding hydrogens is 573 g/mol. The third kappa shape index (κ3) is 6.65. The third-order valence-electron chi connectivity index (χ3n) is 8.84. The van der Waals surface area contributed by atoms with Crippen LogP contribution in [-0.2, 0) is 23.1 Å². The molecule has 4 heterocycles. The van der Waals surface area contributed by atoms with E-state index in [1.54, 1.807) is 42.7 Å². The summed E-state index contributed by atoms with van der Waals surface area (Å²) in [6.45, 7) is 6.49. The first-order valence-corrected chi connectivity index (χ1v) is 15.6. The van der Waals surface area contributed by atoms with Crippen molar-refractivity contribution < 1.29 is 18.7 Å². The molecule has 1 saturated carbocycles. The normalized spacial score (nSPS) is 19.4. The van der Waals surface area contributed by atoms with Crippen molar-refractivity contribution in [3.8, 4) is 0 Å². The highest BCUT2D eigenvalue weighted by molar-refractivity contribution is 5.87. The largest absolute Gasteiger partial charge is 0.444 e. The fraction of sp³-hybridized carbons (Fsp3) is 0.429. The number of benzene rings is 1. The molecule has 0 bridgehead atoms. The summed E-state index contributed by atoms with van der Waals surface area (Å²) in [5, 5.41) is 3.80. The monoisotopic (exact) mass is 613 g/mol. The van der Waals surface area contributed by atoms with Crippen LogP contribution >= 0.6 is 0 Å². The van der Waals surface area contributed by atoms with E-state index in [1.165, 1.54) is 10.6 Å². The van der Waals surface area contributed by atoms with Crippen LogP contribution in [0.15, 0.2) is 72.0 Å². The molecule has 9 nitrogen and oxygen atoms in total. The number of piperidine rings is 1. The maximum atomic E-state index is 15.5. The molecule has 3 atom stereocenters. The van der Waals surface area contributed by atoms with Crippen LogP contribution in [0.1, 0.15) is 68.7 Å².